The molecule has 0 bridgehead atoms. The fraction of sp³-hybridized carbons (Fsp3) is 1.00. The lowest BCUT2D eigenvalue weighted by molar-refractivity contribution is 0.342. The predicted molar refractivity (Wildman–Crippen MR) is 62.2 cm³/mol. The summed E-state index contributed by atoms with van der Waals surface area (Å²) >= 11 is 0. The quantitative estimate of drug-likeness (QED) is 0.659. The van der Waals surface area contributed by atoms with Crippen LogP contribution in [0.4, 0.5) is 0 Å². The maximum absolute atomic E-state index is 3.46. The second kappa shape index (κ2) is 11.9. The van der Waals surface area contributed by atoms with Crippen molar-refractivity contribution < 1.29 is 0 Å². The smallest absolute Gasteiger partial charge is 0.0215 e. The van der Waals surface area contributed by atoms with Crippen LogP contribution in [-0.4, -0.2) is 25.7 Å². The van der Waals surface area contributed by atoms with Crippen LogP contribution >= 0.6 is 0 Å². The molecule has 0 spiro atoms. The van der Waals surface area contributed by atoms with Crippen molar-refractivity contribution in [3.05, 3.63) is 0 Å². The van der Waals surface area contributed by atoms with Gasteiger partial charge in [-0.2, -0.15) is 0 Å². The van der Waals surface area contributed by atoms with Crippen molar-refractivity contribution in [1.82, 2.24) is 10.6 Å². The average molecular weight is 188 g/mol. The Hall–Kier alpha value is -0.0800. The lowest BCUT2D eigenvalue weighted by Crippen LogP contribution is -2.50. The Morgan fingerprint density at radius 2 is 1.54 bits per heavy atom. The topological polar surface area (TPSA) is 24.1 Å². The number of hydrogen-bond acceptors (Lipinski definition) is 2. The van der Waals surface area contributed by atoms with E-state index >= 15 is 0 Å². The monoisotopic (exact) mass is 188 g/mol. The maximum Gasteiger partial charge on any atom is 0.0215 e. The van der Waals surface area contributed by atoms with Crippen LogP contribution in [0, 0.1) is 5.92 Å². The molecule has 1 unspecified atom stereocenters. The largest absolute Gasteiger partial charge is 0.314 e. The highest BCUT2D eigenvalue weighted by Gasteiger charge is 2.14. The van der Waals surface area contributed by atoms with Crippen LogP contribution in [0.2, 0.25) is 0 Å². The molecule has 1 rings (SSSR count). The fourth-order valence-electron chi connectivity index (χ4n) is 1.15. The Balaban J connectivity index is 0. The first-order chi connectivity index (χ1) is 6.30. The zero-order chi connectivity index (χ0) is 10.7. The van der Waals surface area contributed by atoms with Gasteiger partial charge >= 0.3 is 0 Å². The van der Waals surface area contributed by atoms with Gasteiger partial charge in [-0.1, -0.05) is 41.5 Å². The van der Waals surface area contributed by atoms with Gasteiger partial charge in [-0.3, -0.25) is 0 Å². The van der Waals surface area contributed by atoms with Crippen molar-refractivity contribution >= 4 is 0 Å². The molecule has 1 atom stereocenters. The summed E-state index contributed by atoms with van der Waals surface area (Å²) in [4.78, 5) is 0. The average Bonchev–Trinajstić information content (AvgIpc) is 2.25. The van der Waals surface area contributed by atoms with Crippen molar-refractivity contribution in [1.29, 1.82) is 0 Å². The Labute approximate surface area is 84.5 Å². The molecule has 82 valence electrons. The van der Waals surface area contributed by atoms with Gasteiger partial charge in [0.05, 0.1) is 0 Å². The van der Waals surface area contributed by atoms with Crippen molar-refractivity contribution in [2.24, 2.45) is 5.92 Å². The van der Waals surface area contributed by atoms with Gasteiger partial charge in [0, 0.05) is 25.7 Å². The highest BCUT2D eigenvalue weighted by atomic mass is 15.1. The fourth-order valence-corrected chi connectivity index (χ4v) is 1.15. The van der Waals surface area contributed by atoms with Crippen molar-refractivity contribution in [2.75, 3.05) is 19.6 Å². The summed E-state index contributed by atoms with van der Waals surface area (Å²) in [5, 5.41) is 6.81. The van der Waals surface area contributed by atoms with E-state index in [1.54, 1.807) is 0 Å². The van der Waals surface area contributed by atoms with Gasteiger partial charge in [-0.15, -0.1) is 0 Å². The first-order valence-corrected chi connectivity index (χ1v) is 5.75. The van der Waals surface area contributed by atoms with Gasteiger partial charge in [0.2, 0.25) is 0 Å². The Kier molecular flexibility index (Phi) is 14.1. The molecule has 0 aromatic heterocycles. The van der Waals surface area contributed by atoms with E-state index < -0.39 is 0 Å². The molecular weight excluding hydrogens is 160 g/mol. The SMILES string of the molecule is CC.CC.CC(C)C1CNCCN1. The van der Waals surface area contributed by atoms with Crippen molar-refractivity contribution in [2.45, 2.75) is 47.6 Å². The van der Waals surface area contributed by atoms with Crippen molar-refractivity contribution in [3.63, 3.8) is 0 Å². The Morgan fingerprint density at radius 1 is 1.00 bits per heavy atom. The van der Waals surface area contributed by atoms with E-state index in [9.17, 15) is 0 Å². The molecule has 0 amide bonds. The van der Waals surface area contributed by atoms with Crippen LogP contribution in [0.15, 0.2) is 0 Å². The highest BCUT2D eigenvalue weighted by Crippen LogP contribution is 2.00. The van der Waals surface area contributed by atoms with Crippen LogP contribution in [-0.2, 0) is 0 Å². The minimum atomic E-state index is 0.693. The molecule has 2 N–H and O–H groups in total. The lowest BCUT2D eigenvalue weighted by Gasteiger charge is -2.27. The molecule has 0 aromatic carbocycles. The normalized spacial score (nSPS) is 21.0. The maximum atomic E-state index is 3.46. The first-order valence-electron chi connectivity index (χ1n) is 5.75. The zero-order valence-corrected chi connectivity index (χ0v) is 10.3. The van der Waals surface area contributed by atoms with E-state index in [1.165, 1.54) is 0 Å². The standard InChI is InChI=1S/C7H16N2.2C2H6/c1-6(2)7-5-8-3-4-9-7;2*1-2/h6-9H,3-5H2,1-2H3;2*1-2H3. The third-order valence-electron chi connectivity index (χ3n) is 1.88. The summed E-state index contributed by atoms with van der Waals surface area (Å²) < 4.78 is 0. The van der Waals surface area contributed by atoms with E-state index in [-0.39, 0.29) is 0 Å². The van der Waals surface area contributed by atoms with E-state index in [1.807, 2.05) is 27.7 Å². The molecule has 2 heteroatoms. The van der Waals surface area contributed by atoms with E-state index in [0.717, 1.165) is 25.6 Å². The summed E-state index contributed by atoms with van der Waals surface area (Å²) in [7, 11) is 0. The van der Waals surface area contributed by atoms with Gasteiger partial charge in [-0.05, 0) is 5.92 Å². The molecular formula is C11H28N2. The van der Waals surface area contributed by atoms with Gasteiger partial charge in [0.15, 0.2) is 0 Å². The van der Waals surface area contributed by atoms with E-state index in [2.05, 4.69) is 24.5 Å². The Morgan fingerprint density at radius 3 is 1.77 bits per heavy atom. The summed E-state index contributed by atoms with van der Waals surface area (Å²) in [6, 6.07) is 0.693. The van der Waals surface area contributed by atoms with Crippen LogP contribution in [0.25, 0.3) is 0 Å². The van der Waals surface area contributed by atoms with Gasteiger partial charge in [-0.25, -0.2) is 0 Å². The summed E-state index contributed by atoms with van der Waals surface area (Å²) in [6.07, 6.45) is 0. The molecule has 0 aliphatic carbocycles. The van der Waals surface area contributed by atoms with Crippen LogP contribution in [0.5, 0.6) is 0 Å². The molecule has 1 saturated heterocycles. The number of piperazine rings is 1. The molecule has 1 aliphatic rings. The summed E-state index contributed by atoms with van der Waals surface area (Å²) in [5.41, 5.74) is 0. The van der Waals surface area contributed by atoms with Gasteiger partial charge in [0.1, 0.15) is 0 Å². The molecule has 1 heterocycles. The molecule has 1 fully saturated rings. The predicted octanol–water partition coefficient (Wildman–Crippen LogP) is 2.26. The minimum Gasteiger partial charge on any atom is -0.314 e. The number of hydrogen-bond donors (Lipinski definition) is 2. The lowest BCUT2D eigenvalue weighted by atomic mass is 10.0. The van der Waals surface area contributed by atoms with Crippen LogP contribution in [0.1, 0.15) is 41.5 Å². The molecule has 0 radical (unpaired) electrons. The third kappa shape index (κ3) is 8.26. The van der Waals surface area contributed by atoms with E-state index in [0.29, 0.717) is 6.04 Å². The molecule has 13 heavy (non-hydrogen) atoms. The number of nitrogens with one attached hydrogen (secondary N) is 2. The van der Waals surface area contributed by atoms with Crippen molar-refractivity contribution in [3.8, 4) is 0 Å². The van der Waals surface area contributed by atoms with Crippen LogP contribution < -0.4 is 10.6 Å². The molecule has 0 aromatic rings. The van der Waals surface area contributed by atoms with Crippen LogP contribution in [0.3, 0.4) is 0 Å². The molecule has 1 aliphatic heterocycles. The first kappa shape index (κ1) is 15.4. The second-order valence-electron chi connectivity index (χ2n) is 3.01. The molecule has 2 nitrogen and oxygen atoms in total. The second-order valence-corrected chi connectivity index (χ2v) is 3.01. The summed E-state index contributed by atoms with van der Waals surface area (Å²) in [6.45, 7) is 15.9. The third-order valence-corrected chi connectivity index (χ3v) is 1.88. The van der Waals surface area contributed by atoms with Gasteiger partial charge in [0.25, 0.3) is 0 Å². The number of rotatable bonds is 1. The zero-order valence-electron chi connectivity index (χ0n) is 10.3. The molecule has 0 saturated carbocycles. The van der Waals surface area contributed by atoms with Gasteiger partial charge < -0.3 is 10.6 Å². The summed E-state index contributed by atoms with van der Waals surface area (Å²) in [5.74, 6) is 0.762. The van der Waals surface area contributed by atoms with E-state index in [4.69, 9.17) is 0 Å². The highest BCUT2D eigenvalue weighted by molar-refractivity contribution is 4.77. The Bertz CT molecular complexity index is 76.2. The minimum absolute atomic E-state index is 0.693.